The predicted molar refractivity (Wildman–Crippen MR) is 122 cm³/mol. The standard InChI is InChI=1S/C25H27F3N2O5/c1-3-8-15(13-21(31)30-24(2,22(32)33)25(26,27)28)29-23(34)35-14-20-18-11-6-4-9-16(18)17-10-5-7-12-19(17)20/h4-7,9-12,15,20H,3,8,13-14H2,1-2H3,(H,29,34)(H,30,31)(H,32,33). The fourth-order valence-electron chi connectivity index (χ4n) is 4.18. The number of rotatable bonds is 9. The molecule has 0 radical (unpaired) electrons. The Hall–Kier alpha value is -3.56. The van der Waals surface area contributed by atoms with Gasteiger partial charge in [0, 0.05) is 18.4 Å². The highest BCUT2D eigenvalue weighted by atomic mass is 19.4. The van der Waals surface area contributed by atoms with Gasteiger partial charge in [0.05, 0.1) is 0 Å². The van der Waals surface area contributed by atoms with Gasteiger partial charge in [0.2, 0.25) is 11.4 Å². The fourth-order valence-corrected chi connectivity index (χ4v) is 4.18. The first kappa shape index (κ1) is 26.1. The average molecular weight is 492 g/mol. The lowest BCUT2D eigenvalue weighted by Gasteiger charge is -2.29. The number of hydrogen-bond acceptors (Lipinski definition) is 4. The number of benzene rings is 2. The molecule has 35 heavy (non-hydrogen) atoms. The second-order valence-electron chi connectivity index (χ2n) is 8.64. The first-order valence-electron chi connectivity index (χ1n) is 11.2. The van der Waals surface area contributed by atoms with Gasteiger partial charge in [-0.05, 0) is 35.6 Å². The van der Waals surface area contributed by atoms with Gasteiger partial charge in [0.15, 0.2) is 0 Å². The molecule has 2 amide bonds. The molecule has 188 valence electrons. The average Bonchev–Trinajstić information content (AvgIpc) is 3.10. The Morgan fingerprint density at radius 1 is 1.03 bits per heavy atom. The van der Waals surface area contributed by atoms with Crippen LogP contribution < -0.4 is 10.6 Å². The Bertz CT molecular complexity index is 1060. The SMILES string of the molecule is CCCC(CC(=O)NC(C)(C(=O)O)C(F)(F)F)NC(=O)OCC1c2ccccc2-c2ccccc21. The first-order chi connectivity index (χ1) is 16.5. The lowest BCUT2D eigenvalue weighted by Crippen LogP contribution is -2.62. The number of hydrogen-bond donors (Lipinski definition) is 3. The molecule has 2 unspecified atom stereocenters. The van der Waals surface area contributed by atoms with Crippen LogP contribution in [0.25, 0.3) is 11.1 Å². The summed E-state index contributed by atoms with van der Waals surface area (Å²) in [5, 5.41) is 13.1. The third-order valence-corrected chi connectivity index (χ3v) is 6.12. The monoisotopic (exact) mass is 492 g/mol. The lowest BCUT2D eigenvalue weighted by atomic mass is 9.98. The second-order valence-corrected chi connectivity index (χ2v) is 8.64. The summed E-state index contributed by atoms with van der Waals surface area (Å²) < 4.78 is 45.0. The van der Waals surface area contributed by atoms with Gasteiger partial charge in [-0.2, -0.15) is 13.2 Å². The van der Waals surface area contributed by atoms with E-state index in [4.69, 9.17) is 9.84 Å². The van der Waals surface area contributed by atoms with E-state index in [1.165, 1.54) is 5.32 Å². The van der Waals surface area contributed by atoms with Crippen molar-refractivity contribution in [3.8, 4) is 11.1 Å². The van der Waals surface area contributed by atoms with Gasteiger partial charge in [0.1, 0.15) is 6.61 Å². The van der Waals surface area contributed by atoms with Crippen LogP contribution in [0.15, 0.2) is 48.5 Å². The Kier molecular flexibility index (Phi) is 7.72. The minimum atomic E-state index is -5.20. The Labute approximate surface area is 200 Å². The smallest absolute Gasteiger partial charge is 0.422 e. The Balaban J connectivity index is 1.63. The van der Waals surface area contributed by atoms with E-state index >= 15 is 0 Å². The molecule has 0 aliphatic heterocycles. The van der Waals surface area contributed by atoms with Gasteiger partial charge in [-0.1, -0.05) is 61.9 Å². The van der Waals surface area contributed by atoms with Crippen LogP contribution in [0.5, 0.6) is 0 Å². The number of nitrogens with one attached hydrogen (secondary N) is 2. The van der Waals surface area contributed by atoms with Crippen LogP contribution >= 0.6 is 0 Å². The van der Waals surface area contributed by atoms with E-state index in [0.29, 0.717) is 13.3 Å². The molecule has 0 aromatic heterocycles. The van der Waals surface area contributed by atoms with Crippen LogP contribution in [0.2, 0.25) is 0 Å². The molecule has 3 rings (SSSR count). The van der Waals surface area contributed by atoms with Crippen LogP contribution in [0.1, 0.15) is 50.2 Å². The summed E-state index contributed by atoms with van der Waals surface area (Å²) in [6.07, 6.45) is -5.73. The van der Waals surface area contributed by atoms with Gasteiger partial charge in [0.25, 0.3) is 0 Å². The van der Waals surface area contributed by atoms with Gasteiger partial charge in [-0.15, -0.1) is 0 Å². The molecule has 0 bridgehead atoms. The zero-order valence-electron chi connectivity index (χ0n) is 19.3. The maximum Gasteiger partial charge on any atom is 0.422 e. The predicted octanol–water partition coefficient (Wildman–Crippen LogP) is 4.61. The molecular formula is C25H27F3N2O5. The summed E-state index contributed by atoms with van der Waals surface area (Å²) >= 11 is 0. The second kappa shape index (κ2) is 10.4. The molecule has 0 saturated carbocycles. The van der Waals surface area contributed by atoms with E-state index in [1.54, 1.807) is 6.92 Å². The number of fused-ring (bicyclic) bond motifs is 3. The molecular weight excluding hydrogens is 465 g/mol. The van der Waals surface area contributed by atoms with Crippen LogP contribution in [-0.2, 0) is 14.3 Å². The van der Waals surface area contributed by atoms with Crippen LogP contribution in [0.4, 0.5) is 18.0 Å². The molecule has 1 aliphatic carbocycles. The quantitative estimate of drug-likeness (QED) is 0.474. The van der Waals surface area contributed by atoms with Crippen LogP contribution in [0, 0.1) is 0 Å². The Morgan fingerprint density at radius 2 is 1.57 bits per heavy atom. The van der Waals surface area contributed by atoms with Crippen molar-refractivity contribution in [2.75, 3.05) is 6.61 Å². The largest absolute Gasteiger partial charge is 0.479 e. The highest BCUT2D eigenvalue weighted by Crippen LogP contribution is 2.44. The van der Waals surface area contributed by atoms with Crippen molar-refractivity contribution in [1.29, 1.82) is 0 Å². The normalized spacial score (nSPS) is 15.3. The van der Waals surface area contributed by atoms with Crippen molar-refractivity contribution in [1.82, 2.24) is 10.6 Å². The third kappa shape index (κ3) is 5.58. The van der Waals surface area contributed by atoms with Crippen molar-refractivity contribution in [2.24, 2.45) is 0 Å². The minimum Gasteiger partial charge on any atom is -0.479 e. The summed E-state index contributed by atoms with van der Waals surface area (Å²) in [5.74, 6) is -3.55. The van der Waals surface area contributed by atoms with Gasteiger partial charge in [-0.25, -0.2) is 9.59 Å². The number of ether oxygens (including phenoxy) is 1. The van der Waals surface area contributed by atoms with Crippen molar-refractivity contribution in [3.63, 3.8) is 0 Å². The fraction of sp³-hybridized carbons (Fsp3) is 0.400. The summed E-state index contributed by atoms with van der Waals surface area (Å²) in [4.78, 5) is 35.9. The highest BCUT2D eigenvalue weighted by Gasteiger charge is 2.58. The lowest BCUT2D eigenvalue weighted by molar-refractivity contribution is -0.207. The zero-order chi connectivity index (χ0) is 25.8. The van der Waals surface area contributed by atoms with E-state index in [0.717, 1.165) is 22.3 Å². The topological polar surface area (TPSA) is 105 Å². The Morgan fingerprint density at radius 3 is 2.06 bits per heavy atom. The molecule has 0 spiro atoms. The number of carbonyl (C=O) groups is 3. The highest BCUT2D eigenvalue weighted by molar-refractivity contribution is 5.88. The number of amides is 2. The number of carbonyl (C=O) groups excluding carboxylic acids is 2. The first-order valence-corrected chi connectivity index (χ1v) is 11.2. The molecule has 2 atom stereocenters. The molecule has 2 aromatic rings. The van der Waals surface area contributed by atoms with Crippen LogP contribution in [-0.4, -0.2) is 47.4 Å². The van der Waals surface area contributed by atoms with Crippen molar-refractivity contribution < 1.29 is 37.4 Å². The van der Waals surface area contributed by atoms with E-state index in [1.807, 2.05) is 48.5 Å². The van der Waals surface area contributed by atoms with Crippen LogP contribution in [0.3, 0.4) is 0 Å². The van der Waals surface area contributed by atoms with Gasteiger partial charge >= 0.3 is 18.2 Å². The van der Waals surface area contributed by atoms with E-state index in [2.05, 4.69) is 5.32 Å². The molecule has 0 heterocycles. The number of carboxylic acids is 1. The van der Waals surface area contributed by atoms with Gasteiger partial charge < -0.3 is 20.5 Å². The van der Waals surface area contributed by atoms with E-state index in [-0.39, 0.29) is 18.9 Å². The maximum atomic E-state index is 13.2. The van der Waals surface area contributed by atoms with Crippen molar-refractivity contribution >= 4 is 18.0 Å². The molecule has 0 fully saturated rings. The number of alkyl halides is 3. The molecule has 7 nitrogen and oxygen atoms in total. The van der Waals surface area contributed by atoms with Crippen molar-refractivity contribution in [2.45, 2.75) is 56.8 Å². The number of halogens is 3. The van der Waals surface area contributed by atoms with Gasteiger partial charge in [-0.3, -0.25) is 4.79 Å². The number of alkyl carbamates (subject to hydrolysis) is 1. The van der Waals surface area contributed by atoms with E-state index < -0.39 is 42.1 Å². The third-order valence-electron chi connectivity index (χ3n) is 6.12. The summed E-state index contributed by atoms with van der Waals surface area (Å²) in [5.41, 5.74) is 0.717. The molecule has 2 aromatic carbocycles. The summed E-state index contributed by atoms with van der Waals surface area (Å²) in [6.45, 7) is 2.19. The zero-order valence-corrected chi connectivity index (χ0v) is 19.3. The molecule has 0 saturated heterocycles. The summed E-state index contributed by atoms with van der Waals surface area (Å²) in [7, 11) is 0. The number of carboxylic acid groups (broad SMARTS) is 1. The molecule has 10 heteroatoms. The van der Waals surface area contributed by atoms with Crippen molar-refractivity contribution in [3.05, 3.63) is 59.7 Å². The van der Waals surface area contributed by atoms with E-state index in [9.17, 15) is 27.6 Å². The number of aliphatic carboxylic acids is 1. The minimum absolute atomic E-state index is 0.0378. The summed E-state index contributed by atoms with van der Waals surface area (Å²) in [6, 6.07) is 14.8. The molecule has 3 N–H and O–H groups in total. The maximum absolute atomic E-state index is 13.2. The molecule has 1 aliphatic rings.